The first-order chi connectivity index (χ1) is 8.25. The van der Waals surface area contributed by atoms with Gasteiger partial charge in [-0.15, -0.1) is 0 Å². The SMILES string of the molecule is CCC(C)C(C)Nc1cc(C(F)(F)F)ccc1F. The lowest BCUT2D eigenvalue weighted by atomic mass is 10.0. The summed E-state index contributed by atoms with van der Waals surface area (Å²) in [4.78, 5) is 0. The lowest BCUT2D eigenvalue weighted by Crippen LogP contribution is -2.24. The predicted molar refractivity (Wildman–Crippen MR) is 63.9 cm³/mol. The molecule has 0 saturated carbocycles. The van der Waals surface area contributed by atoms with Crippen molar-refractivity contribution in [1.29, 1.82) is 0 Å². The van der Waals surface area contributed by atoms with Gasteiger partial charge in [-0.3, -0.25) is 0 Å². The lowest BCUT2D eigenvalue weighted by Gasteiger charge is -2.22. The van der Waals surface area contributed by atoms with Crippen LogP contribution >= 0.6 is 0 Å². The van der Waals surface area contributed by atoms with Crippen molar-refractivity contribution in [1.82, 2.24) is 0 Å². The monoisotopic (exact) mass is 263 g/mol. The Kier molecular flexibility index (Phi) is 4.59. The van der Waals surface area contributed by atoms with E-state index in [1.807, 2.05) is 20.8 Å². The molecule has 1 rings (SSSR count). The van der Waals surface area contributed by atoms with Crippen LogP contribution in [0.3, 0.4) is 0 Å². The van der Waals surface area contributed by atoms with Gasteiger partial charge in [0.2, 0.25) is 0 Å². The molecule has 0 heterocycles. The van der Waals surface area contributed by atoms with Gasteiger partial charge in [0.15, 0.2) is 0 Å². The summed E-state index contributed by atoms with van der Waals surface area (Å²) in [5.41, 5.74) is -0.944. The van der Waals surface area contributed by atoms with Crippen molar-refractivity contribution in [3.05, 3.63) is 29.6 Å². The second-order valence-electron chi connectivity index (χ2n) is 4.51. The third kappa shape index (κ3) is 3.62. The van der Waals surface area contributed by atoms with Crippen LogP contribution in [-0.2, 0) is 6.18 Å². The second-order valence-corrected chi connectivity index (χ2v) is 4.51. The molecule has 102 valence electrons. The molecule has 0 spiro atoms. The van der Waals surface area contributed by atoms with Gasteiger partial charge < -0.3 is 5.32 Å². The maximum atomic E-state index is 13.5. The van der Waals surface area contributed by atoms with Crippen molar-refractivity contribution in [3.8, 4) is 0 Å². The predicted octanol–water partition coefficient (Wildman–Crippen LogP) is 4.69. The Morgan fingerprint density at radius 3 is 2.33 bits per heavy atom. The first kappa shape index (κ1) is 14.8. The van der Waals surface area contributed by atoms with E-state index in [9.17, 15) is 17.6 Å². The van der Waals surface area contributed by atoms with Crippen molar-refractivity contribution < 1.29 is 17.6 Å². The molecule has 0 aromatic heterocycles. The largest absolute Gasteiger partial charge is 0.416 e. The van der Waals surface area contributed by atoms with Gasteiger partial charge in [0, 0.05) is 6.04 Å². The van der Waals surface area contributed by atoms with Crippen LogP contribution in [0.15, 0.2) is 18.2 Å². The van der Waals surface area contributed by atoms with Crippen LogP contribution < -0.4 is 5.32 Å². The molecule has 0 aliphatic rings. The third-order valence-corrected chi connectivity index (χ3v) is 3.17. The summed E-state index contributed by atoms with van der Waals surface area (Å²) in [6, 6.07) is 2.31. The number of alkyl halides is 3. The minimum Gasteiger partial charge on any atom is -0.380 e. The normalized spacial score (nSPS) is 15.3. The molecule has 0 radical (unpaired) electrons. The molecular weight excluding hydrogens is 246 g/mol. The van der Waals surface area contributed by atoms with E-state index in [0.717, 1.165) is 24.6 Å². The van der Waals surface area contributed by atoms with E-state index in [1.54, 1.807) is 0 Å². The quantitative estimate of drug-likeness (QED) is 0.777. The standard InChI is InChI=1S/C13H17F4N/c1-4-8(2)9(3)18-12-7-10(13(15,16)17)5-6-11(12)14/h5-9,18H,4H2,1-3H3. The van der Waals surface area contributed by atoms with Crippen molar-refractivity contribution in [2.24, 2.45) is 5.92 Å². The molecule has 18 heavy (non-hydrogen) atoms. The highest BCUT2D eigenvalue weighted by Gasteiger charge is 2.31. The molecule has 0 aliphatic heterocycles. The van der Waals surface area contributed by atoms with Crippen molar-refractivity contribution >= 4 is 5.69 Å². The number of hydrogen-bond donors (Lipinski definition) is 1. The van der Waals surface area contributed by atoms with E-state index in [4.69, 9.17) is 0 Å². The van der Waals surface area contributed by atoms with Crippen LogP contribution in [0.1, 0.15) is 32.8 Å². The molecule has 0 amide bonds. The molecular formula is C13H17F4N. The number of nitrogens with one attached hydrogen (secondary N) is 1. The first-order valence-corrected chi connectivity index (χ1v) is 5.89. The van der Waals surface area contributed by atoms with E-state index < -0.39 is 17.6 Å². The Balaban J connectivity index is 2.95. The molecule has 5 heteroatoms. The van der Waals surface area contributed by atoms with Crippen LogP contribution in [0.5, 0.6) is 0 Å². The number of rotatable bonds is 4. The molecule has 1 aromatic carbocycles. The van der Waals surface area contributed by atoms with Crippen molar-refractivity contribution in [3.63, 3.8) is 0 Å². The Morgan fingerprint density at radius 2 is 1.83 bits per heavy atom. The molecule has 0 saturated heterocycles. The van der Waals surface area contributed by atoms with Gasteiger partial charge in [0.05, 0.1) is 11.3 Å². The molecule has 1 N–H and O–H groups in total. The van der Waals surface area contributed by atoms with Gasteiger partial charge in [-0.05, 0) is 31.0 Å². The van der Waals surface area contributed by atoms with Gasteiger partial charge in [0.25, 0.3) is 0 Å². The smallest absolute Gasteiger partial charge is 0.380 e. The maximum Gasteiger partial charge on any atom is 0.416 e. The molecule has 2 unspecified atom stereocenters. The summed E-state index contributed by atoms with van der Waals surface area (Å²) in [6.07, 6.45) is -3.58. The fourth-order valence-electron chi connectivity index (χ4n) is 1.55. The Labute approximate surface area is 104 Å². The highest BCUT2D eigenvalue weighted by atomic mass is 19.4. The Morgan fingerprint density at radius 1 is 1.22 bits per heavy atom. The second kappa shape index (κ2) is 5.59. The average molecular weight is 263 g/mol. The zero-order valence-corrected chi connectivity index (χ0v) is 10.6. The van der Waals surface area contributed by atoms with Crippen LogP contribution in [0.2, 0.25) is 0 Å². The first-order valence-electron chi connectivity index (χ1n) is 5.89. The highest BCUT2D eigenvalue weighted by molar-refractivity contribution is 5.48. The van der Waals surface area contributed by atoms with Crippen molar-refractivity contribution in [2.45, 2.75) is 39.4 Å². The molecule has 0 fully saturated rings. The van der Waals surface area contributed by atoms with Crippen LogP contribution in [0.25, 0.3) is 0 Å². The Bertz CT molecular complexity index is 400. The van der Waals surface area contributed by atoms with Gasteiger partial charge >= 0.3 is 6.18 Å². The number of anilines is 1. The van der Waals surface area contributed by atoms with Crippen LogP contribution in [0.4, 0.5) is 23.2 Å². The molecule has 0 aliphatic carbocycles. The number of hydrogen-bond acceptors (Lipinski definition) is 1. The van der Waals surface area contributed by atoms with Gasteiger partial charge in [-0.1, -0.05) is 20.3 Å². The molecule has 0 bridgehead atoms. The van der Waals surface area contributed by atoms with Crippen LogP contribution in [-0.4, -0.2) is 6.04 Å². The fourth-order valence-corrected chi connectivity index (χ4v) is 1.55. The maximum absolute atomic E-state index is 13.5. The highest BCUT2D eigenvalue weighted by Crippen LogP contribution is 2.32. The molecule has 2 atom stereocenters. The van der Waals surface area contributed by atoms with Gasteiger partial charge in [-0.2, -0.15) is 13.2 Å². The fraction of sp³-hybridized carbons (Fsp3) is 0.538. The van der Waals surface area contributed by atoms with E-state index in [-0.39, 0.29) is 17.6 Å². The Hall–Kier alpha value is -1.26. The minimum absolute atomic E-state index is 0.0898. The lowest BCUT2D eigenvalue weighted by molar-refractivity contribution is -0.137. The summed E-state index contributed by atoms with van der Waals surface area (Å²) in [5.74, 6) is -0.419. The summed E-state index contributed by atoms with van der Waals surface area (Å²) >= 11 is 0. The zero-order chi connectivity index (χ0) is 13.9. The average Bonchev–Trinajstić information content (AvgIpc) is 2.29. The number of benzene rings is 1. The zero-order valence-electron chi connectivity index (χ0n) is 10.6. The van der Waals surface area contributed by atoms with Gasteiger partial charge in [-0.25, -0.2) is 4.39 Å². The molecule has 1 nitrogen and oxygen atoms in total. The molecule has 1 aromatic rings. The summed E-state index contributed by atoms with van der Waals surface area (Å²) in [7, 11) is 0. The van der Waals surface area contributed by atoms with E-state index >= 15 is 0 Å². The third-order valence-electron chi connectivity index (χ3n) is 3.17. The topological polar surface area (TPSA) is 12.0 Å². The van der Waals surface area contributed by atoms with E-state index in [0.29, 0.717) is 0 Å². The summed E-state index contributed by atoms with van der Waals surface area (Å²) in [6.45, 7) is 5.77. The van der Waals surface area contributed by atoms with E-state index in [2.05, 4.69) is 5.32 Å². The van der Waals surface area contributed by atoms with Crippen molar-refractivity contribution in [2.75, 3.05) is 5.32 Å². The number of halogens is 4. The van der Waals surface area contributed by atoms with Crippen LogP contribution in [0, 0.1) is 11.7 Å². The van der Waals surface area contributed by atoms with Gasteiger partial charge in [0.1, 0.15) is 5.82 Å². The minimum atomic E-state index is -4.45. The van der Waals surface area contributed by atoms with E-state index in [1.165, 1.54) is 0 Å². The summed E-state index contributed by atoms with van der Waals surface area (Å²) in [5, 5.41) is 2.80. The summed E-state index contributed by atoms with van der Waals surface area (Å²) < 4.78 is 51.0.